The maximum Gasteiger partial charge on any atom is 0.217 e. The number of nitrogens with zero attached hydrogens (tertiary/aromatic N) is 2. The lowest BCUT2D eigenvalue weighted by Gasteiger charge is -2.32. The maximum absolute atomic E-state index is 10.9. The molecule has 0 aromatic rings. The van der Waals surface area contributed by atoms with Crippen LogP contribution in [-0.2, 0) is 4.79 Å². The van der Waals surface area contributed by atoms with Crippen LogP contribution in [0.5, 0.6) is 0 Å². The molecule has 0 atom stereocenters. The van der Waals surface area contributed by atoms with E-state index in [1.54, 1.807) is 6.92 Å². The number of carbonyl (C=O) groups is 1. The molecular formula is C10H20N4O. The van der Waals surface area contributed by atoms with Gasteiger partial charge in [-0.1, -0.05) is 0 Å². The molecule has 0 radical (unpaired) electrons. The number of nitrogens with two attached hydrogens (primary N) is 1. The van der Waals surface area contributed by atoms with Gasteiger partial charge >= 0.3 is 0 Å². The fraction of sp³-hybridized carbons (Fsp3) is 0.800. The number of nitrogens with one attached hydrogen (secondary N) is 1. The second-order valence-electron chi connectivity index (χ2n) is 3.79. The quantitative estimate of drug-likeness (QED) is 0.497. The Kier molecular flexibility index (Phi) is 4.39. The molecule has 1 heterocycles. The van der Waals surface area contributed by atoms with Crippen molar-refractivity contribution in [1.29, 1.82) is 0 Å². The van der Waals surface area contributed by atoms with Crippen molar-refractivity contribution in [2.24, 2.45) is 10.7 Å². The molecule has 86 valence electrons. The summed E-state index contributed by atoms with van der Waals surface area (Å²) >= 11 is 0. The van der Waals surface area contributed by atoms with Crippen LogP contribution in [0.25, 0.3) is 0 Å². The third kappa shape index (κ3) is 3.77. The van der Waals surface area contributed by atoms with E-state index in [1.807, 2.05) is 6.92 Å². The van der Waals surface area contributed by atoms with Crippen LogP contribution in [0.1, 0.15) is 26.7 Å². The summed E-state index contributed by atoms with van der Waals surface area (Å²) < 4.78 is 0. The Morgan fingerprint density at radius 3 is 2.60 bits per heavy atom. The van der Waals surface area contributed by atoms with E-state index in [0.717, 1.165) is 32.5 Å². The lowest BCUT2D eigenvalue weighted by atomic mass is 10.1. The standard InChI is InChI=1S/C10H20N4O/c1-3-12-10(11)14-6-4-9(5-7-14)13-8(2)15/h9H,3-7H2,1-2H3,(H2,11,12)(H,13,15). The zero-order valence-electron chi connectivity index (χ0n) is 9.49. The van der Waals surface area contributed by atoms with Crippen LogP contribution in [0.3, 0.4) is 0 Å². The number of likely N-dealkylation sites (tertiary alicyclic amines) is 1. The number of rotatable bonds is 2. The molecule has 1 fully saturated rings. The minimum atomic E-state index is 0.0450. The van der Waals surface area contributed by atoms with Crippen molar-refractivity contribution in [3.8, 4) is 0 Å². The summed E-state index contributed by atoms with van der Waals surface area (Å²) in [7, 11) is 0. The van der Waals surface area contributed by atoms with Crippen molar-refractivity contribution >= 4 is 11.9 Å². The van der Waals surface area contributed by atoms with Crippen molar-refractivity contribution in [2.75, 3.05) is 19.6 Å². The van der Waals surface area contributed by atoms with Crippen molar-refractivity contribution in [3.05, 3.63) is 0 Å². The van der Waals surface area contributed by atoms with E-state index in [-0.39, 0.29) is 5.91 Å². The van der Waals surface area contributed by atoms with Crippen molar-refractivity contribution in [2.45, 2.75) is 32.7 Å². The molecule has 0 aromatic heterocycles. The molecule has 1 saturated heterocycles. The van der Waals surface area contributed by atoms with E-state index in [4.69, 9.17) is 5.73 Å². The summed E-state index contributed by atoms with van der Waals surface area (Å²) in [6.45, 7) is 5.99. The summed E-state index contributed by atoms with van der Waals surface area (Å²) in [6.07, 6.45) is 1.89. The first-order valence-electron chi connectivity index (χ1n) is 5.45. The second-order valence-corrected chi connectivity index (χ2v) is 3.79. The van der Waals surface area contributed by atoms with Gasteiger partial charge in [0.05, 0.1) is 0 Å². The van der Waals surface area contributed by atoms with Crippen molar-refractivity contribution < 1.29 is 4.79 Å². The first-order valence-corrected chi connectivity index (χ1v) is 5.45. The highest BCUT2D eigenvalue weighted by molar-refractivity contribution is 5.78. The van der Waals surface area contributed by atoms with Gasteiger partial charge in [-0.25, -0.2) is 0 Å². The predicted octanol–water partition coefficient (Wildman–Crippen LogP) is -0.0785. The molecule has 1 rings (SSSR count). The molecule has 0 aliphatic carbocycles. The number of aliphatic imine (C=N–C) groups is 1. The number of guanidine groups is 1. The normalized spacial score (nSPS) is 19.1. The third-order valence-electron chi connectivity index (χ3n) is 2.55. The van der Waals surface area contributed by atoms with E-state index in [0.29, 0.717) is 12.0 Å². The molecule has 0 aromatic carbocycles. The smallest absolute Gasteiger partial charge is 0.217 e. The summed E-state index contributed by atoms with van der Waals surface area (Å²) in [5.74, 6) is 0.669. The number of hydrogen-bond donors (Lipinski definition) is 2. The Bertz CT molecular complexity index is 244. The zero-order chi connectivity index (χ0) is 11.3. The first kappa shape index (κ1) is 11.8. The molecule has 5 nitrogen and oxygen atoms in total. The number of amides is 1. The van der Waals surface area contributed by atoms with Crippen LogP contribution < -0.4 is 11.1 Å². The maximum atomic E-state index is 10.9. The molecule has 0 spiro atoms. The molecule has 1 aliphatic rings. The zero-order valence-corrected chi connectivity index (χ0v) is 9.49. The molecule has 1 amide bonds. The molecule has 5 heteroatoms. The predicted molar refractivity (Wildman–Crippen MR) is 60.6 cm³/mol. The molecule has 0 unspecified atom stereocenters. The summed E-state index contributed by atoms with van der Waals surface area (Å²) in [5.41, 5.74) is 5.79. The Hall–Kier alpha value is -1.26. The van der Waals surface area contributed by atoms with Crippen LogP contribution in [0.15, 0.2) is 4.99 Å². The van der Waals surface area contributed by atoms with Crippen LogP contribution in [-0.4, -0.2) is 42.4 Å². The highest BCUT2D eigenvalue weighted by Gasteiger charge is 2.20. The number of piperidine rings is 1. The van der Waals surface area contributed by atoms with Gasteiger partial charge in [-0.2, -0.15) is 0 Å². The summed E-state index contributed by atoms with van der Waals surface area (Å²) in [4.78, 5) is 17.1. The highest BCUT2D eigenvalue weighted by atomic mass is 16.1. The van der Waals surface area contributed by atoms with Crippen LogP contribution in [0, 0.1) is 0 Å². The second kappa shape index (κ2) is 5.58. The SMILES string of the molecule is CCN=C(N)N1CCC(NC(C)=O)CC1. The van der Waals surface area contributed by atoms with E-state index in [2.05, 4.69) is 15.2 Å². The monoisotopic (exact) mass is 212 g/mol. The van der Waals surface area contributed by atoms with Gasteiger partial charge in [0.15, 0.2) is 5.96 Å². The molecule has 1 aliphatic heterocycles. The van der Waals surface area contributed by atoms with Crippen LogP contribution in [0.4, 0.5) is 0 Å². The number of carbonyl (C=O) groups excluding carboxylic acids is 1. The average Bonchev–Trinajstić information content (AvgIpc) is 2.18. The molecule has 0 saturated carbocycles. The van der Waals surface area contributed by atoms with E-state index < -0.39 is 0 Å². The van der Waals surface area contributed by atoms with Gasteiger partial charge in [-0.3, -0.25) is 9.79 Å². The fourth-order valence-corrected chi connectivity index (χ4v) is 1.80. The van der Waals surface area contributed by atoms with Crippen LogP contribution in [0.2, 0.25) is 0 Å². The van der Waals surface area contributed by atoms with E-state index in [9.17, 15) is 4.79 Å². The molecule has 15 heavy (non-hydrogen) atoms. The third-order valence-corrected chi connectivity index (χ3v) is 2.55. The molecule has 3 N–H and O–H groups in total. The van der Waals surface area contributed by atoms with Gasteiger partial charge in [0.25, 0.3) is 0 Å². The molecular weight excluding hydrogens is 192 g/mol. The Balaban J connectivity index is 2.35. The van der Waals surface area contributed by atoms with Gasteiger partial charge in [-0.05, 0) is 19.8 Å². The lowest BCUT2D eigenvalue weighted by Crippen LogP contribution is -2.48. The minimum Gasteiger partial charge on any atom is -0.370 e. The largest absolute Gasteiger partial charge is 0.370 e. The van der Waals surface area contributed by atoms with Gasteiger partial charge in [0, 0.05) is 32.6 Å². The van der Waals surface area contributed by atoms with E-state index in [1.165, 1.54) is 0 Å². The summed E-state index contributed by atoms with van der Waals surface area (Å²) in [6, 6.07) is 0.299. The Labute approximate surface area is 90.7 Å². The van der Waals surface area contributed by atoms with Gasteiger partial charge in [0.2, 0.25) is 5.91 Å². The number of hydrogen-bond acceptors (Lipinski definition) is 2. The van der Waals surface area contributed by atoms with Gasteiger partial charge in [0.1, 0.15) is 0 Å². The molecule has 0 bridgehead atoms. The lowest BCUT2D eigenvalue weighted by molar-refractivity contribution is -0.119. The Morgan fingerprint density at radius 2 is 2.13 bits per heavy atom. The summed E-state index contributed by atoms with van der Waals surface area (Å²) in [5, 5.41) is 2.93. The van der Waals surface area contributed by atoms with Crippen molar-refractivity contribution in [3.63, 3.8) is 0 Å². The fourth-order valence-electron chi connectivity index (χ4n) is 1.80. The van der Waals surface area contributed by atoms with E-state index >= 15 is 0 Å². The topological polar surface area (TPSA) is 70.7 Å². The Morgan fingerprint density at radius 1 is 1.53 bits per heavy atom. The van der Waals surface area contributed by atoms with Gasteiger partial charge in [-0.15, -0.1) is 0 Å². The average molecular weight is 212 g/mol. The highest BCUT2D eigenvalue weighted by Crippen LogP contribution is 2.09. The van der Waals surface area contributed by atoms with Crippen LogP contribution >= 0.6 is 0 Å². The van der Waals surface area contributed by atoms with Crippen molar-refractivity contribution in [1.82, 2.24) is 10.2 Å². The van der Waals surface area contributed by atoms with Gasteiger partial charge < -0.3 is 16.0 Å². The minimum absolute atomic E-state index is 0.0450. The first-order chi connectivity index (χ1) is 7.13.